The fraction of sp³-hybridized carbons (Fsp3) is 0.400. The number of rotatable bonds is 5. The maximum Gasteiger partial charge on any atom is 0.412 e. The van der Waals surface area contributed by atoms with Crippen molar-refractivity contribution in [3.63, 3.8) is 0 Å². The zero-order valence-corrected chi connectivity index (χ0v) is 19.7. The summed E-state index contributed by atoms with van der Waals surface area (Å²) < 4.78 is 10.6. The van der Waals surface area contributed by atoms with Gasteiger partial charge in [-0.2, -0.15) is 0 Å². The van der Waals surface area contributed by atoms with Crippen molar-refractivity contribution in [1.29, 1.82) is 0 Å². The van der Waals surface area contributed by atoms with Gasteiger partial charge < -0.3 is 19.7 Å². The minimum absolute atomic E-state index is 0.0596. The Hall–Kier alpha value is -3.55. The van der Waals surface area contributed by atoms with Gasteiger partial charge >= 0.3 is 6.09 Å². The smallest absolute Gasteiger partial charge is 0.412 e. The molecule has 176 valence electrons. The van der Waals surface area contributed by atoms with E-state index in [1.54, 1.807) is 43.9 Å². The van der Waals surface area contributed by atoms with E-state index < -0.39 is 11.7 Å². The molecule has 0 bridgehead atoms. The van der Waals surface area contributed by atoms with Crippen molar-refractivity contribution in [2.24, 2.45) is 0 Å². The molecule has 8 heteroatoms. The number of carbonyl (C=O) groups is 3. The van der Waals surface area contributed by atoms with Crippen LogP contribution >= 0.6 is 0 Å². The lowest BCUT2D eigenvalue weighted by Crippen LogP contribution is -2.40. The van der Waals surface area contributed by atoms with Crippen LogP contribution in [0.25, 0.3) is 0 Å². The molecule has 3 rings (SSSR count). The van der Waals surface area contributed by atoms with E-state index in [2.05, 4.69) is 10.6 Å². The first-order valence-corrected chi connectivity index (χ1v) is 10.9. The van der Waals surface area contributed by atoms with Crippen molar-refractivity contribution in [2.75, 3.05) is 24.3 Å². The minimum Gasteiger partial charge on any atom is -0.495 e. The lowest BCUT2D eigenvalue weighted by atomic mass is 9.90. The molecule has 3 amide bonds. The van der Waals surface area contributed by atoms with Gasteiger partial charge in [0.05, 0.1) is 25.3 Å². The molecule has 1 heterocycles. The van der Waals surface area contributed by atoms with Crippen LogP contribution < -0.4 is 15.4 Å². The third kappa shape index (κ3) is 6.25. The summed E-state index contributed by atoms with van der Waals surface area (Å²) in [5.41, 5.74) is 2.36. The summed E-state index contributed by atoms with van der Waals surface area (Å²) in [6.45, 7) is 7.42. The molecule has 1 unspecified atom stereocenters. The lowest BCUT2D eigenvalue weighted by Gasteiger charge is -2.36. The maximum atomic E-state index is 12.9. The second-order valence-electron chi connectivity index (χ2n) is 8.97. The van der Waals surface area contributed by atoms with Crippen molar-refractivity contribution in [1.82, 2.24) is 4.90 Å². The summed E-state index contributed by atoms with van der Waals surface area (Å²) in [6.07, 6.45) is 0.268. The number of hydrogen-bond acceptors (Lipinski definition) is 5. The number of amides is 3. The first kappa shape index (κ1) is 24.1. The summed E-state index contributed by atoms with van der Waals surface area (Å²) in [6, 6.07) is 12.5. The highest BCUT2D eigenvalue weighted by atomic mass is 16.6. The molecule has 0 aliphatic carbocycles. The van der Waals surface area contributed by atoms with Crippen molar-refractivity contribution < 1.29 is 23.9 Å². The number of methoxy groups -OCH3 is 1. The molecule has 8 nitrogen and oxygen atoms in total. The summed E-state index contributed by atoms with van der Waals surface area (Å²) >= 11 is 0. The average molecular weight is 454 g/mol. The SMILES string of the molecule is COc1ccc(NC(=O)CC2c3ccccc3CCN2C(C)=O)cc1NC(=O)OC(C)(C)C. The Kier molecular flexibility index (Phi) is 7.26. The van der Waals surface area contributed by atoms with Gasteiger partial charge in [0.15, 0.2) is 0 Å². The number of ether oxygens (including phenoxy) is 2. The fourth-order valence-electron chi connectivity index (χ4n) is 3.93. The lowest BCUT2D eigenvalue weighted by molar-refractivity contribution is -0.132. The Morgan fingerprint density at radius 2 is 1.82 bits per heavy atom. The number of nitrogens with one attached hydrogen (secondary N) is 2. The van der Waals surface area contributed by atoms with Crippen LogP contribution in [-0.2, 0) is 20.7 Å². The van der Waals surface area contributed by atoms with Gasteiger partial charge in [-0.1, -0.05) is 24.3 Å². The molecule has 0 radical (unpaired) electrons. The maximum absolute atomic E-state index is 12.9. The van der Waals surface area contributed by atoms with Crippen LogP contribution in [0.1, 0.15) is 51.3 Å². The Morgan fingerprint density at radius 1 is 1.09 bits per heavy atom. The Morgan fingerprint density at radius 3 is 2.48 bits per heavy atom. The molecule has 0 aromatic heterocycles. The number of anilines is 2. The van der Waals surface area contributed by atoms with Crippen LogP contribution in [0.2, 0.25) is 0 Å². The van der Waals surface area contributed by atoms with Crippen LogP contribution in [0.3, 0.4) is 0 Å². The fourth-order valence-corrected chi connectivity index (χ4v) is 3.93. The van der Waals surface area contributed by atoms with Crippen LogP contribution in [0.4, 0.5) is 16.2 Å². The molecule has 0 spiro atoms. The number of nitrogens with zero attached hydrogens (tertiary/aromatic N) is 1. The number of hydrogen-bond donors (Lipinski definition) is 2. The summed E-state index contributed by atoms with van der Waals surface area (Å²) in [7, 11) is 1.49. The highest BCUT2D eigenvalue weighted by Gasteiger charge is 2.30. The van der Waals surface area contributed by atoms with Gasteiger partial charge in [-0.25, -0.2) is 4.79 Å². The molecule has 1 aliphatic heterocycles. The first-order chi connectivity index (χ1) is 15.6. The van der Waals surface area contributed by atoms with E-state index in [1.807, 2.05) is 24.3 Å². The van der Waals surface area contributed by atoms with Gasteiger partial charge in [-0.15, -0.1) is 0 Å². The van der Waals surface area contributed by atoms with Crippen LogP contribution in [0.15, 0.2) is 42.5 Å². The predicted molar refractivity (Wildman–Crippen MR) is 126 cm³/mol. The predicted octanol–water partition coefficient (Wildman–Crippen LogP) is 4.52. The normalized spacial score (nSPS) is 15.3. The summed E-state index contributed by atoms with van der Waals surface area (Å²) in [5.74, 6) is 0.134. The molecule has 2 aromatic rings. The molecule has 0 fully saturated rings. The van der Waals surface area contributed by atoms with Crippen molar-refractivity contribution >= 4 is 29.3 Å². The van der Waals surface area contributed by atoms with Crippen molar-refractivity contribution in [2.45, 2.75) is 52.2 Å². The number of carbonyl (C=O) groups excluding carboxylic acids is 3. The van der Waals surface area contributed by atoms with Gasteiger partial charge in [0.1, 0.15) is 11.4 Å². The van der Waals surface area contributed by atoms with Gasteiger partial charge in [-0.3, -0.25) is 14.9 Å². The highest BCUT2D eigenvalue weighted by molar-refractivity contribution is 5.94. The molecule has 33 heavy (non-hydrogen) atoms. The van der Waals surface area contributed by atoms with E-state index >= 15 is 0 Å². The zero-order valence-electron chi connectivity index (χ0n) is 19.7. The van der Waals surface area contributed by atoms with Gasteiger partial charge in [0.25, 0.3) is 0 Å². The third-order valence-electron chi connectivity index (χ3n) is 5.31. The molecule has 0 saturated heterocycles. The van der Waals surface area contributed by atoms with Crippen molar-refractivity contribution in [3.8, 4) is 5.75 Å². The molecule has 1 aliphatic rings. The second-order valence-corrected chi connectivity index (χ2v) is 8.97. The molecular formula is C25H31N3O5. The summed E-state index contributed by atoms with van der Waals surface area (Å²) in [5, 5.41) is 5.53. The largest absolute Gasteiger partial charge is 0.495 e. The van der Waals surface area contributed by atoms with E-state index in [4.69, 9.17) is 9.47 Å². The molecule has 1 atom stereocenters. The van der Waals surface area contributed by atoms with Crippen LogP contribution in [0, 0.1) is 0 Å². The highest BCUT2D eigenvalue weighted by Crippen LogP contribution is 2.33. The van der Waals surface area contributed by atoms with E-state index in [9.17, 15) is 14.4 Å². The second kappa shape index (κ2) is 9.94. The monoisotopic (exact) mass is 453 g/mol. The molecule has 2 N–H and O–H groups in total. The molecule has 2 aromatic carbocycles. The Bertz CT molecular complexity index is 1040. The van der Waals surface area contributed by atoms with Gasteiger partial charge in [0.2, 0.25) is 11.8 Å². The minimum atomic E-state index is -0.651. The average Bonchev–Trinajstić information content (AvgIpc) is 2.72. The van der Waals surface area contributed by atoms with E-state index in [-0.39, 0.29) is 24.3 Å². The first-order valence-electron chi connectivity index (χ1n) is 10.9. The van der Waals surface area contributed by atoms with Gasteiger partial charge in [-0.05, 0) is 56.5 Å². The standard InChI is InChI=1S/C25H31N3O5/c1-16(29)28-13-12-17-8-6-7-9-19(17)21(28)15-23(30)26-18-10-11-22(32-5)20(14-18)27-24(31)33-25(2,3)4/h6-11,14,21H,12-13,15H2,1-5H3,(H,26,30)(H,27,31). The quantitative estimate of drug-likeness (QED) is 0.694. The number of fused-ring (bicyclic) bond motifs is 1. The van der Waals surface area contributed by atoms with E-state index in [1.165, 1.54) is 14.0 Å². The third-order valence-corrected chi connectivity index (χ3v) is 5.31. The topological polar surface area (TPSA) is 97.0 Å². The Labute approximate surface area is 194 Å². The zero-order chi connectivity index (χ0) is 24.2. The summed E-state index contributed by atoms with van der Waals surface area (Å²) in [4.78, 5) is 39.1. The van der Waals surface area contributed by atoms with E-state index in [0.717, 1.165) is 17.5 Å². The van der Waals surface area contributed by atoms with Crippen LogP contribution in [-0.4, -0.2) is 42.1 Å². The van der Waals surface area contributed by atoms with E-state index in [0.29, 0.717) is 23.7 Å². The molecular weight excluding hydrogens is 422 g/mol. The number of benzene rings is 2. The van der Waals surface area contributed by atoms with Gasteiger partial charge in [0, 0.05) is 19.2 Å². The van der Waals surface area contributed by atoms with Crippen molar-refractivity contribution in [3.05, 3.63) is 53.6 Å². The Balaban J connectivity index is 1.76. The van der Waals surface area contributed by atoms with Crippen LogP contribution in [0.5, 0.6) is 5.75 Å². The molecule has 0 saturated carbocycles.